The number of ketones is 2. The van der Waals surface area contributed by atoms with Crippen LogP contribution in [0.3, 0.4) is 0 Å². The van der Waals surface area contributed by atoms with E-state index in [1.165, 1.54) is 31.2 Å². The van der Waals surface area contributed by atoms with Gasteiger partial charge in [0.1, 0.15) is 0 Å². The van der Waals surface area contributed by atoms with Crippen molar-refractivity contribution in [3.63, 3.8) is 0 Å². The van der Waals surface area contributed by atoms with E-state index in [-0.39, 0.29) is 22.4 Å². The van der Waals surface area contributed by atoms with E-state index in [2.05, 4.69) is 101 Å². The molecular formula is C41H62O2. The van der Waals surface area contributed by atoms with Crippen molar-refractivity contribution >= 4 is 11.6 Å². The van der Waals surface area contributed by atoms with Crippen LogP contribution in [0.2, 0.25) is 0 Å². The third-order valence-corrected chi connectivity index (χ3v) is 12.6. The molecule has 3 unspecified atom stereocenters. The summed E-state index contributed by atoms with van der Waals surface area (Å²) in [5.74, 6) is 1.31. The van der Waals surface area contributed by atoms with E-state index in [9.17, 15) is 9.59 Å². The monoisotopic (exact) mass is 586 g/mol. The van der Waals surface area contributed by atoms with Crippen molar-refractivity contribution in [2.75, 3.05) is 0 Å². The van der Waals surface area contributed by atoms with Crippen molar-refractivity contribution in [3.8, 4) is 0 Å². The molecule has 0 aliphatic heterocycles. The molecule has 2 nitrogen and oxygen atoms in total. The van der Waals surface area contributed by atoms with Gasteiger partial charge in [0.05, 0.1) is 0 Å². The van der Waals surface area contributed by atoms with Crippen molar-refractivity contribution < 1.29 is 9.59 Å². The Hall–Kier alpha value is -2.22. The molecule has 0 spiro atoms. The van der Waals surface area contributed by atoms with E-state index in [1.807, 2.05) is 18.2 Å². The van der Waals surface area contributed by atoms with E-state index in [4.69, 9.17) is 0 Å². The highest BCUT2D eigenvalue weighted by Crippen LogP contribution is 2.41. The van der Waals surface area contributed by atoms with Gasteiger partial charge < -0.3 is 0 Å². The first kappa shape index (κ1) is 35.3. The van der Waals surface area contributed by atoms with Crippen LogP contribution in [0.1, 0.15) is 184 Å². The van der Waals surface area contributed by atoms with Crippen LogP contribution in [0.15, 0.2) is 36.4 Å². The molecule has 2 aromatic rings. The molecule has 2 aromatic carbocycles. The van der Waals surface area contributed by atoms with Gasteiger partial charge in [-0.05, 0) is 88.2 Å². The Labute approximate surface area is 264 Å². The summed E-state index contributed by atoms with van der Waals surface area (Å²) in [6, 6.07) is 12.1. The van der Waals surface area contributed by atoms with Crippen LogP contribution in [0.4, 0.5) is 0 Å². The van der Waals surface area contributed by atoms with Gasteiger partial charge in [0.25, 0.3) is 0 Å². The van der Waals surface area contributed by atoms with E-state index in [0.29, 0.717) is 44.9 Å². The highest BCUT2D eigenvalue weighted by molar-refractivity contribution is 6.28. The molecule has 0 amide bonds. The summed E-state index contributed by atoms with van der Waals surface area (Å²) in [7, 11) is 0. The SMILES string of the molecule is CCC(C)(CCCC(C)C(C)(C)CC)c1ccc2c(c1)C(=O)c1cc(C(C)(C)CCCC(C)C(C)(C)CC)ccc1C2=O. The van der Waals surface area contributed by atoms with Gasteiger partial charge in [0.2, 0.25) is 0 Å². The molecule has 43 heavy (non-hydrogen) atoms. The van der Waals surface area contributed by atoms with Crippen LogP contribution in [-0.2, 0) is 10.8 Å². The van der Waals surface area contributed by atoms with E-state index < -0.39 is 0 Å². The zero-order valence-electron chi connectivity index (χ0n) is 29.8. The van der Waals surface area contributed by atoms with Crippen LogP contribution in [0.5, 0.6) is 0 Å². The summed E-state index contributed by atoms with van der Waals surface area (Å²) in [5, 5.41) is 0. The van der Waals surface area contributed by atoms with Crippen molar-refractivity contribution in [1.29, 1.82) is 0 Å². The Morgan fingerprint density at radius 2 is 0.977 bits per heavy atom. The lowest BCUT2D eigenvalue weighted by molar-refractivity contribution is 0.0978. The van der Waals surface area contributed by atoms with Crippen molar-refractivity contribution in [1.82, 2.24) is 0 Å². The molecule has 3 atom stereocenters. The van der Waals surface area contributed by atoms with Gasteiger partial charge in [-0.3, -0.25) is 9.59 Å². The number of fused-ring (bicyclic) bond motifs is 2. The number of carbonyl (C=O) groups is 2. The molecular weight excluding hydrogens is 524 g/mol. The van der Waals surface area contributed by atoms with Crippen LogP contribution < -0.4 is 0 Å². The Bertz CT molecular complexity index is 1290. The lowest BCUT2D eigenvalue weighted by atomic mass is 9.71. The lowest BCUT2D eigenvalue weighted by Crippen LogP contribution is -2.27. The van der Waals surface area contributed by atoms with Crippen LogP contribution in [-0.4, -0.2) is 11.6 Å². The fourth-order valence-electron chi connectivity index (χ4n) is 6.74. The first-order valence-corrected chi connectivity index (χ1v) is 17.3. The molecule has 0 fully saturated rings. The fraction of sp³-hybridized carbons (Fsp3) is 0.659. The summed E-state index contributed by atoms with van der Waals surface area (Å²) in [6.45, 7) is 28.0. The third kappa shape index (κ3) is 7.54. The normalized spacial score (nSPS) is 16.8. The Morgan fingerprint density at radius 1 is 0.558 bits per heavy atom. The first-order valence-electron chi connectivity index (χ1n) is 17.3. The van der Waals surface area contributed by atoms with Gasteiger partial charge in [0.15, 0.2) is 11.6 Å². The second-order valence-electron chi connectivity index (χ2n) is 16.2. The summed E-state index contributed by atoms with van der Waals surface area (Å²) >= 11 is 0. The van der Waals surface area contributed by atoms with E-state index in [0.717, 1.165) is 37.7 Å². The minimum absolute atomic E-state index is 0.000752. The van der Waals surface area contributed by atoms with Gasteiger partial charge in [0, 0.05) is 22.3 Å². The smallest absolute Gasteiger partial charge is 0.194 e. The lowest BCUT2D eigenvalue weighted by Gasteiger charge is -2.34. The number of carbonyl (C=O) groups excluding carboxylic acids is 2. The summed E-state index contributed by atoms with van der Waals surface area (Å²) in [5.41, 5.74) is 5.21. The fourth-order valence-corrected chi connectivity index (χ4v) is 6.74. The molecule has 3 rings (SSSR count). The third-order valence-electron chi connectivity index (χ3n) is 12.6. The molecule has 1 aliphatic carbocycles. The number of hydrogen-bond acceptors (Lipinski definition) is 2. The van der Waals surface area contributed by atoms with Gasteiger partial charge in [-0.1, -0.05) is 134 Å². The Balaban J connectivity index is 1.83. The highest BCUT2D eigenvalue weighted by atomic mass is 16.1. The molecule has 2 heteroatoms. The highest BCUT2D eigenvalue weighted by Gasteiger charge is 2.34. The summed E-state index contributed by atoms with van der Waals surface area (Å²) < 4.78 is 0. The number of hydrogen-bond donors (Lipinski definition) is 0. The van der Waals surface area contributed by atoms with Gasteiger partial charge >= 0.3 is 0 Å². The number of benzene rings is 2. The maximum atomic E-state index is 14.0. The average Bonchev–Trinajstić information content (AvgIpc) is 2.98. The predicted octanol–water partition coefficient (Wildman–Crippen LogP) is 11.9. The van der Waals surface area contributed by atoms with Crippen molar-refractivity contribution in [2.45, 2.75) is 152 Å². The molecule has 0 radical (unpaired) electrons. The zero-order chi connectivity index (χ0) is 32.4. The number of rotatable bonds is 15. The van der Waals surface area contributed by atoms with E-state index >= 15 is 0 Å². The van der Waals surface area contributed by atoms with Gasteiger partial charge in [-0.25, -0.2) is 0 Å². The molecule has 0 saturated heterocycles. The molecule has 238 valence electrons. The topological polar surface area (TPSA) is 34.1 Å². The molecule has 0 N–H and O–H groups in total. The Morgan fingerprint density at radius 3 is 1.44 bits per heavy atom. The largest absolute Gasteiger partial charge is 0.289 e. The second-order valence-corrected chi connectivity index (χ2v) is 16.2. The maximum Gasteiger partial charge on any atom is 0.194 e. The molecule has 0 aromatic heterocycles. The summed E-state index contributed by atoms with van der Waals surface area (Å²) in [6.07, 6.45) is 10.2. The van der Waals surface area contributed by atoms with Crippen molar-refractivity contribution in [3.05, 3.63) is 69.8 Å². The first-order chi connectivity index (χ1) is 19.9. The minimum Gasteiger partial charge on any atom is -0.289 e. The van der Waals surface area contributed by atoms with Crippen molar-refractivity contribution in [2.24, 2.45) is 22.7 Å². The van der Waals surface area contributed by atoms with E-state index in [1.54, 1.807) is 0 Å². The maximum absolute atomic E-state index is 14.0. The van der Waals surface area contributed by atoms with Crippen LogP contribution in [0.25, 0.3) is 0 Å². The average molecular weight is 587 g/mol. The molecule has 0 saturated carbocycles. The second kappa shape index (κ2) is 13.4. The Kier molecular flexibility index (Phi) is 11.0. The quantitative estimate of drug-likeness (QED) is 0.177. The molecule has 1 aliphatic rings. The van der Waals surface area contributed by atoms with Crippen LogP contribution >= 0.6 is 0 Å². The van der Waals surface area contributed by atoms with Crippen LogP contribution in [0, 0.1) is 22.7 Å². The molecule has 0 heterocycles. The predicted molar refractivity (Wildman–Crippen MR) is 185 cm³/mol. The van der Waals surface area contributed by atoms with Gasteiger partial charge in [-0.15, -0.1) is 0 Å². The zero-order valence-corrected chi connectivity index (χ0v) is 29.8. The van der Waals surface area contributed by atoms with Gasteiger partial charge in [-0.2, -0.15) is 0 Å². The summed E-state index contributed by atoms with van der Waals surface area (Å²) in [4.78, 5) is 27.7. The standard InChI is InChI=1S/C41H62O2/c1-13-38(6,7)28(4)18-16-24-40(10,11)30-20-22-32-34(26-30)37(43)35-27-31(21-23-33(35)36(32)42)41(12,15-3)25-17-19-29(5)39(8,9)14-2/h20-23,26-29H,13-19,24-25H2,1-12H3. The molecule has 0 bridgehead atoms. The minimum atomic E-state index is -0.0686.